The summed E-state index contributed by atoms with van der Waals surface area (Å²) in [5.74, 6) is 0.892. The molecule has 2 amide bonds. The summed E-state index contributed by atoms with van der Waals surface area (Å²) >= 11 is 1.63. The zero-order valence-corrected chi connectivity index (χ0v) is 20.9. The van der Waals surface area contributed by atoms with E-state index in [1.807, 2.05) is 73.8 Å². The lowest BCUT2D eigenvalue weighted by molar-refractivity contribution is 0.244. The summed E-state index contributed by atoms with van der Waals surface area (Å²) < 4.78 is 5.80. The van der Waals surface area contributed by atoms with Gasteiger partial charge >= 0.3 is 6.03 Å². The Labute approximate surface area is 209 Å². The highest BCUT2D eigenvalue weighted by Gasteiger charge is 2.36. The molecule has 1 aromatic heterocycles. The number of carbonyl (C=O) groups excluding carboxylic acids is 1. The normalized spacial score (nSPS) is 15.9. The number of hydrogen-bond donors (Lipinski definition) is 1. The van der Waals surface area contributed by atoms with Crippen LogP contribution in [-0.2, 0) is 0 Å². The fourth-order valence-electron chi connectivity index (χ4n) is 4.31. The largest absolute Gasteiger partial charge is 0.334 e. The standard InChI is InChI=1S/C28H26N4O2S/c1-17-13-14-21(15-18(17)2)25-24(27-30-26(31-34-27)20-9-6-5-7-10-20)19(3)32(28(33)29-25)22-11-8-12-23(16-22)35-4/h5-16,25H,1-4H3,(H,29,33). The van der Waals surface area contributed by atoms with Gasteiger partial charge < -0.3 is 9.84 Å². The highest BCUT2D eigenvalue weighted by molar-refractivity contribution is 7.98. The first-order valence-corrected chi connectivity index (χ1v) is 12.6. The molecule has 176 valence electrons. The molecule has 1 aliphatic rings. The fourth-order valence-corrected chi connectivity index (χ4v) is 4.77. The van der Waals surface area contributed by atoms with Crippen LogP contribution in [0.3, 0.4) is 0 Å². The van der Waals surface area contributed by atoms with E-state index in [2.05, 4.69) is 36.5 Å². The van der Waals surface area contributed by atoms with E-state index in [9.17, 15) is 4.79 Å². The lowest BCUT2D eigenvalue weighted by atomic mass is 9.92. The maximum absolute atomic E-state index is 13.5. The third kappa shape index (κ3) is 4.35. The van der Waals surface area contributed by atoms with E-state index in [-0.39, 0.29) is 6.03 Å². The van der Waals surface area contributed by atoms with Crippen molar-refractivity contribution in [3.05, 3.63) is 101 Å². The maximum atomic E-state index is 13.5. The summed E-state index contributed by atoms with van der Waals surface area (Å²) in [6.45, 7) is 6.07. The van der Waals surface area contributed by atoms with Crippen LogP contribution in [0, 0.1) is 13.8 Å². The monoisotopic (exact) mass is 482 g/mol. The summed E-state index contributed by atoms with van der Waals surface area (Å²) in [5, 5.41) is 7.43. The predicted octanol–water partition coefficient (Wildman–Crippen LogP) is 6.78. The average Bonchev–Trinajstić information content (AvgIpc) is 3.36. The molecule has 6 nitrogen and oxygen atoms in total. The fraction of sp³-hybridized carbons (Fsp3) is 0.179. The van der Waals surface area contributed by atoms with E-state index in [1.54, 1.807) is 16.7 Å². The number of nitrogens with zero attached hydrogens (tertiary/aromatic N) is 3. The minimum Gasteiger partial charge on any atom is -0.334 e. The molecule has 7 heteroatoms. The minimum absolute atomic E-state index is 0.199. The predicted molar refractivity (Wildman–Crippen MR) is 140 cm³/mol. The molecule has 5 rings (SSSR count). The van der Waals surface area contributed by atoms with E-state index < -0.39 is 6.04 Å². The molecule has 1 N–H and O–H groups in total. The smallest absolute Gasteiger partial charge is 0.326 e. The topological polar surface area (TPSA) is 71.3 Å². The third-order valence-electron chi connectivity index (χ3n) is 6.35. The van der Waals surface area contributed by atoms with Gasteiger partial charge in [-0.05, 0) is 61.9 Å². The van der Waals surface area contributed by atoms with Crippen molar-refractivity contribution in [3.63, 3.8) is 0 Å². The second-order valence-corrected chi connectivity index (χ2v) is 9.43. The van der Waals surface area contributed by atoms with Crippen molar-refractivity contribution in [1.82, 2.24) is 15.5 Å². The number of aryl methyl sites for hydroxylation is 2. The van der Waals surface area contributed by atoms with Crippen LogP contribution in [0.1, 0.15) is 35.5 Å². The van der Waals surface area contributed by atoms with Crippen molar-refractivity contribution >= 4 is 29.1 Å². The van der Waals surface area contributed by atoms with Crippen LogP contribution in [0.15, 0.2) is 87.9 Å². The van der Waals surface area contributed by atoms with Gasteiger partial charge in [-0.25, -0.2) is 4.79 Å². The Bertz CT molecular complexity index is 1430. The van der Waals surface area contributed by atoms with Gasteiger partial charge in [-0.1, -0.05) is 59.8 Å². The van der Waals surface area contributed by atoms with Crippen molar-refractivity contribution < 1.29 is 9.32 Å². The summed E-state index contributed by atoms with van der Waals surface area (Å²) in [4.78, 5) is 20.9. The van der Waals surface area contributed by atoms with Gasteiger partial charge in [0.1, 0.15) is 0 Å². The summed E-state index contributed by atoms with van der Waals surface area (Å²) in [7, 11) is 0. The average molecular weight is 483 g/mol. The zero-order valence-electron chi connectivity index (χ0n) is 20.1. The van der Waals surface area contributed by atoms with Crippen molar-refractivity contribution in [2.24, 2.45) is 0 Å². The molecule has 0 saturated carbocycles. The molecule has 1 aliphatic heterocycles. The van der Waals surface area contributed by atoms with Crippen LogP contribution in [0.2, 0.25) is 0 Å². The Morgan fingerprint density at radius 1 is 0.943 bits per heavy atom. The molecular weight excluding hydrogens is 456 g/mol. The van der Waals surface area contributed by atoms with E-state index in [0.29, 0.717) is 11.7 Å². The first-order chi connectivity index (χ1) is 17.0. The Kier molecular flexibility index (Phi) is 6.17. The molecule has 0 radical (unpaired) electrons. The molecule has 1 unspecified atom stereocenters. The van der Waals surface area contributed by atoms with Crippen molar-refractivity contribution in [2.75, 3.05) is 11.2 Å². The molecule has 1 atom stereocenters. The first kappa shape index (κ1) is 22.9. The number of urea groups is 1. The Morgan fingerprint density at radius 2 is 1.74 bits per heavy atom. The summed E-state index contributed by atoms with van der Waals surface area (Å²) in [6.07, 6.45) is 2.02. The number of thioether (sulfide) groups is 1. The van der Waals surface area contributed by atoms with Crippen LogP contribution >= 0.6 is 11.8 Å². The number of aromatic nitrogens is 2. The quantitative estimate of drug-likeness (QED) is 0.318. The van der Waals surface area contributed by atoms with Crippen molar-refractivity contribution in [1.29, 1.82) is 0 Å². The summed E-state index contributed by atoms with van der Waals surface area (Å²) in [6, 6.07) is 23.2. The van der Waals surface area contributed by atoms with Crippen LogP contribution in [0.4, 0.5) is 10.5 Å². The minimum atomic E-state index is -0.425. The number of hydrogen-bond acceptors (Lipinski definition) is 5. The number of allylic oxidation sites excluding steroid dienone is 1. The van der Waals surface area contributed by atoms with Gasteiger partial charge in [0.05, 0.1) is 17.3 Å². The van der Waals surface area contributed by atoms with Crippen LogP contribution in [-0.4, -0.2) is 22.4 Å². The molecule has 3 aromatic carbocycles. The number of anilines is 1. The first-order valence-electron chi connectivity index (χ1n) is 11.4. The van der Waals surface area contributed by atoms with E-state index >= 15 is 0 Å². The summed E-state index contributed by atoms with van der Waals surface area (Å²) in [5.41, 5.74) is 6.49. The highest BCUT2D eigenvalue weighted by Crippen LogP contribution is 2.40. The molecule has 0 saturated heterocycles. The van der Waals surface area contributed by atoms with Gasteiger partial charge in [0.2, 0.25) is 5.82 Å². The van der Waals surface area contributed by atoms with Gasteiger partial charge in [0, 0.05) is 16.2 Å². The molecule has 0 bridgehead atoms. The van der Waals surface area contributed by atoms with Crippen LogP contribution < -0.4 is 10.2 Å². The lowest BCUT2D eigenvalue weighted by Gasteiger charge is -2.35. The lowest BCUT2D eigenvalue weighted by Crippen LogP contribution is -2.46. The van der Waals surface area contributed by atoms with E-state index in [1.165, 1.54) is 5.56 Å². The number of carbonyl (C=O) groups is 1. The van der Waals surface area contributed by atoms with Crippen LogP contribution in [0.5, 0.6) is 0 Å². The molecule has 35 heavy (non-hydrogen) atoms. The number of benzene rings is 3. The molecule has 0 fully saturated rings. The van der Waals surface area contributed by atoms with Gasteiger partial charge in [0.15, 0.2) is 0 Å². The Morgan fingerprint density at radius 3 is 2.49 bits per heavy atom. The van der Waals surface area contributed by atoms with Gasteiger partial charge in [-0.3, -0.25) is 4.90 Å². The number of rotatable bonds is 5. The Hall–Kier alpha value is -3.84. The molecule has 0 spiro atoms. The molecule has 2 heterocycles. The Balaban J connectivity index is 1.67. The SMILES string of the molecule is CSc1cccc(N2C(=O)NC(c3ccc(C)c(C)c3)C(c3nc(-c4ccccc4)no3)=C2C)c1. The van der Waals surface area contributed by atoms with Crippen molar-refractivity contribution in [3.8, 4) is 11.4 Å². The van der Waals surface area contributed by atoms with Gasteiger partial charge in [-0.15, -0.1) is 11.8 Å². The second-order valence-electron chi connectivity index (χ2n) is 8.55. The zero-order chi connectivity index (χ0) is 24.5. The third-order valence-corrected chi connectivity index (χ3v) is 7.07. The molecular formula is C28H26N4O2S. The molecule has 4 aromatic rings. The number of amides is 2. The molecule has 0 aliphatic carbocycles. The maximum Gasteiger partial charge on any atom is 0.326 e. The number of nitrogens with one attached hydrogen (secondary N) is 1. The van der Waals surface area contributed by atoms with Crippen molar-refractivity contribution in [2.45, 2.75) is 31.7 Å². The van der Waals surface area contributed by atoms with E-state index in [4.69, 9.17) is 9.51 Å². The highest BCUT2D eigenvalue weighted by atomic mass is 32.2. The second kappa shape index (κ2) is 9.43. The van der Waals surface area contributed by atoms with Gasteiger partial charge in [0.25, 0.3) is 5.89 Å². The van der Waals surface area contributed by atoms with E-state index in [0.717, 1.165) is 38.5 Å². The van der Waals surface area contributed by atoms with Gasteiger partial charge in [-0.2, -0.15) is 4.98 Å². The van der Waals surface area contributed by atoms with Crippen LogP contribution in [0.25, 0.3) is 17.0 Å².